The molecule has 1 atom stereocenters. The number of hydrogen-bond acceptors (Lipinski definition) is 2. The standard InChI is InChI=1S/C15H22O2/c1-5-7-12-8-10-13(11-9-12)14(16)15(3,6-2)17-4/h8-11H,5-7H2,1-4H3. The van der Waals surface area contributed by atoms with Gasteiger partial charge in [0.15, 0.2) is 5.78 Å². The van der Waals surface area contributed by atoms with Crippen molar-refractivity contribution in [3.63, 3.8) is 0 Å². The molecule has 1 aromatic carbocycles. The van der Waals surface area contributed by atoms with Crippen LogP contribution in [0.3, 0.4) is 0 Å². The van der Waals surface area contributed by atoms with Crippen LogP contribution in [0.4, 0.5) is 0 Å². The molecule has 2 heteroatoms. The molecular weight excluding hydrogens is 212 g/mol. The van der Waals surface area contributed by atoms with Crippen LogP contribution in [0.15, 0.2) is 24.3 Å². The summed E-state index contributed by atoms with van der Waals surface area (Å²) in [6.45, 7) is 5.96. The van der Waals surface area contributed by atoms with Gasteiger partial charge in [0.1, 0.15) is 5.60 Å². The first-order valence-corrected chi connectivity index (χ1v) is 6.26. The van der Waals surface area contributed by atoms with Gasteiger partial charge in [-0.15, -0.1) is 0 Å². The van der Waals surface area contributed by atoms with Crippen molar-refractivity contribution in [1.29, 1.82) is 0 Å². The van der Waals surface area contributed by atoms with Gasteiger partial charge >= 0.3 is 0 Å². The molecule has 0 aromatic heterocycles. The molecule has 1 rings (SSSR count). The second-order valence-corrected chi connectivity index (χ2v) is 4.56. The molecule has 0 amide bonds. The summed E-state index contributed by atoms with van der Waals surface area (Å²) in [6.07, 6.45) is 2.86. The molecule has 0 heterocycles. The van der Waals surface area contributed by atoms with Crippen LogP contribution in [0.5, 0.6) is 0 Å². The lowest BCUT2D eigenvalue weighted by Gasteiger charge is -2.24. The van der Waals surface area contributed by atoms with Gasteiger partial charge in [-0.25, -0.2) is 0 Å². The number of ether oxygens (including phenoxy) is 1. The van der Waals surface area contributed by atoms with Gasteiger partial charge < -0.3 is 4.74 Å². The Bertz CT molecular complexity index is 361. The summed E-state index contributed by atoms with van der Waals surface area (Å²) in [7, 11) is 1.59. The maximum atomic E-state index is 12.3. The first-order chi connectivity index (χ1) is 8.07. The molecule has 1 aromatic rings. The Hall–Kier alpha value is -1.15. The summed E-state index contributed by atoms with van der Waals surface area (Å²) < 4.78 is 5.33. The van der Waals surface area contributed by atoms with Gasteiger partial charge in [0, 0.05) is 12.7 Å². The van der Waals surface area contributed by atoms with Crippen LogP contribution in [0.2, 0.25) is 0 Å². The fourth-order valence-electron chi connectivity index (χ4n) is 1.81. The van der Waals surface area contributed by atoms with Gasteiger partial charge in [-0.2, -0.15) is 0 Å². The molecular formula is C15H22O2. The fraction of sp³-hybridized carbons (Fsp3) is 0.533. The van der Waals surface area contributed by atoms with Gasteiger partial charge in [-0.3, -0.25) is 4.79 Å². The van der Waals surface area contributed by atoms with Crippen molar-refractivity contribution in [3.05, 3.63) is 35.4 Å². The zero-order valence-electron chi connectivity index (χ0n) is 11.2. The molecule has 0 fully saturated rings. The van der Waals surface area contributed by atoms with E-state index in [2.05, 4.69) is 6.92 Å². The van der Waals surface area contributed by atoms with E-state index in [0.717, 1.165) is 18.4 Å². The molecule has 0 aliphatic carbocycles. The third kappa shape index (κ3) is 3.16. The van der Waals surface area contributed by atoms with Gasteiger partial charge in [-0.05, 0) is 25.3 Å². The van der Waals surface area contributed by atoms with Gasteiger partial charge in [0.25, 0.3) is 0 Å². The highest BCUT2D eigenvalue weighted by molar-refractivity contribution is 6.02. The minimum atomic E-state index is -0.702. The van der Waals surface area contributed by atoms with Crippen LogP contribution in [-0.2, 0) is 11.2 Å². The maximum Gasteiger partial charge on any atom is 0.194 e. The van der Waals surface area contributed by atoms with Gasteiger partial charge in [-0.1, -0.05) is 44.5 Å². The highest BCUT2D eigenvalue weighted by Gasteiger charge is 2.31. The van der Waals surface area contributed by atoms with Crippen molar-refractivity contribution in [2.45, 2.75) is 45.6 Å². The third-order valence-electron chi connectivity index (χ3n) is 3.36. The van der Waals surface area contributed by atoms with Crippen molar-refractivity contribution in [2.24, 2.45) is 0 Å². The quantitative estimate of drug-likeness (QED) is 0.702. The number of carbonyl (C=O) groups excluding carboxylic acids is 1. The summed E-state index contributed by atoms with van der Waals surface area (Å²) in [5.74, 6) is 0.0607. The van der Waals surface area contributed by atoms with Crippen molar-refractivity contribution < 1.29 is 9.53 Å². The number of Topliss-reactive ketones (excluding diaryl/α,β-unsaturated/α-hetero) is 1. The molecule has 1 unspecified atom stereocenters. The maximum absolute atomic E-state index is 12.3. The van der Waals surface area contributed by atoms with Crippen molar-refractivity contribution in [1.82, 2.24) is 0 Å². The molecule has 0 aliphatic heterocycles. The first-order valence-electron chi connectivity index (χ1n) is 6.26. The van der Waals surface area contributed by atoms with Crippen LogP contribution < -0.4 is 0 Å². The Morgan fingerprint density at radius 3 is 2.24 bits per heavy atom. The van der Waals surface area contributed by atoms with E-state index in [1.807, 2.05) is 38.1 Å². The number of rotatable bonds is 6. The van der Waals surface area contributed by atoms with E-state index in [1.54, 1.807) is 7.11 Å². The zero-order chi connectivity index (χ0) is 12.9. The number of aryl methyl sites for hydroxylation is 1. The summed E-state index contributed by atoms with van der Waals surface area (Å²) in [5, 5.41) is 0. The fourth-order valence-corrected chi connectivity index (χ4v) is 1.81. The lowest BCUT2D eigenvalue weighted by Crippen LogP contribution is -2.36. The van der Waals surface area contributed by atoms with Crippen LogP contribution in [0.25, 0.3) is 0 Å². The van der Waals surface area contributed by atoms with Crippen LogP contribution in [0.1, 0.15) is 49.5 Å². The highest BCUT2D eigenvalue weighted by Crippen LogP contribution is 2.21. The van der Waals surface area contributed by atoms with Crippen LogP contribution >= 0.6 is 0 Å². The van der Waals surface area contributed by atoms with Crippen molar-refractivity contribution in [2.75, 3.05) is 7.11 Å². The summed E-state index contributed by atoms with van der Waals surface area (Å²) in [4.78, 5) is 12.3. The second kappa shape index (κ2) is 5.97. The molecule has 0 radical (unpaired) electrons. The molecule has 0 saturated heterocycles. The van der Waals surface area contributed by atoms with Crippen LogP contribution in [0, 0.1) is 0 Å². The Morgan fingerprint density at radius 2 is 1.82 bits per heavy atom. The average Bonchev–Trinajstić information content (AvgIpc) is 2.38. The number of methoxy groups -OCH3 is 1. The number of benzene rings is 1. The molecule has 94 valence electrons. The van der Waals surface area contributed by atoms with Crippen molar-refractivity contribution >= 4 is 5.78 Å². The molecule has 0 spiro atoms. The van der Waals surface area contributed by atoms with E-state index in [9.17, 15) is 4.79 Å². The van der Waals surface area contributed by atoms with Crippen LogP contribution in [-0.4, -0.2) is 18.5 Å². The molecule has 0 bridgehead atoms. The van der Waals surface area contributed by atoms with E-state index >= 15 is 0 Å². The van der Waals surface area contributed by atoms with E-state index < -0.39 is 5.60 Å². The minimum Gasteiger partial charge on any atom is -0.370 e. The second-order valence-electron chi connectivity index (χ2n) is 4.56. The van der Waals surface area contributed by atoms with Gasteiger partial charge in [0.05, 0.1) is 0 Å². The zero-order valence-corrected chi connectivity index (χ0v) is 11.2. The SMILES string of the molecule is CCCc1ccc(C(=O)C(C)(CC)OC)cc1. The first kappa shape index (κ1) is 13.9. The Kier molecular flexibility index (Phi) is 4.88. The molecule has 0 N–H and O–H groups in total. The van der Waals surface area contributed by atoms with E-state index in [1.165, 1.54) is 5.56 Å². The highest BCUT2D eigenvalue weighted by atomic mass is 16.5. The Balaban J connectivity index is 2.89. The molecule has 0 aliphatic rings. The summed E-state index contributed by atoms with van der Waals surface area (Å²) >= 11 is 0. The lowest BCUT2D eigenvalue weighted by molar-refractivity contribution is 0.0106. The topological polar surface area (TPSA) is 26.3 Å². The molecule has 0 saturated carbocycles. The number of carbonyl (C=O) groups is 1. The average molecular weight is 234 g/mol. The Labute approximate surface area is 104 Å². The molecule has 2 nitrogen and oxygen atoms in total. The lowest BCUT2D eigenvalue weighted by atomic mass is 9.91. The number of hydrogen-bond donors (Lipinski definition) is 0. The number of ketones is 1. The van der Waals surface area contributed by atoms with Gasteiger partial charge in [0.2, 0.25) is 0 Å². The third-order valence-corrected chi connectivity index (χ3v) is 3.36. The molecule has 17 heavy (non-hydrogen) atoms. The Morgan fingerprint density at radius 1 is 1.24 bits per heavy atom. The monoisotopic (exact) mass is 234 g/mol. The minimum absolute atomic E-state index is 0.0607. The summed E-state index contributed by atoms with van der Waals surface area (Å²) in [5.41, 5.74) is 1.31. The normalized spacial score (nSPS) is 14.4. The van der Waals surface area contributed by atoms with E-state index in [-0.39, 0.29) is 5.78 Å². The van der Waals surface area contributed by atoms with E-state index in [4.69, 9.17) is 4.74 Å². The van der Waals surface area contributed by atoms with Crippen molar-refractivity contribution in [3.8, 4) is 0 Å². The largest absolute Gasteiger partial charge is 0.370 e. The smallest absolute Gasteiger partial charge is 0.194 e. The van der Waals surface area contributed by atoms with E-state index in [0.29, 0.717) is 6.42 Å². The summed E-state index contributed by atoms with van der Waals surface area (Å²) in [6, 6.07) is 7.87. The predicted molar refractivity (Wildman–Crippen MR) is 70.5 cm³/mol. The predicted octanol–water partition coefficient (Wildman–Crippen LogP) is 3.64.